The number of anilines is 1. The van der Waals surface area contributed by atoms with Crippen molar-refractivity contribution < 1.29 is 9.13 Å². The van der Waals surface area contributed by atoms with Crippen molar-refractivity contribution in [1.82, 2.24) is 25.0 Å². The summed E-state index contributed by atoms with van der Waals surface area (Å²) >= 11 is 0. The van der Waals surface area contributed by atoms with Gasteiger partial charge in [-0.3, -0.25) is 0 Å². The number of rotatable bonds is 4. The fourth-order valence-electron chi connectivity index (χ4n) is 4.95. The third-order valence-electron chi connectivity index (χ3n) is 6.44. The molecule has 8 nitrogen and oxygen atoms in total. The van der Waals surface area contributed by atoms with Crippen molar-refractivity contribution in [3.63, 3.8) is 0 Å². The summed E-state index contributed by atoms with van der Waals surface area (Å²) in [5.74, 6) is 1.22. The number of nitriles is 1. The van der Waals surface area contributed by atoms with Gasteiger partial charge in [-0.2, -0.15) is 5.26 Å². The summed E-state index contributed by atoms with van der Waals surface area (Å²) in [5.41, 5.74) is 1.70. The Balaban J connectivity index is 1.37. The second-order valence-electron chi connectivity index (χ2n) is 8.17. The first kappa shape index (κ1) is 19.6. The van der Waals surface area contributed by atoms with Crippen LogP contribution in [-0.2, 0) is 4.74 Å². The molecule has 3 aromatic rings. The van der Waals surface area contributed by atoms with E-state index < -0.39 is 0 Å². The molecule has 5 rings (SSSR count). The van der Waals surface area contributed by atoms with Gasteiger partial charge in [0.25, 0.3) is 0 Å². The van der Waals surface area contributed by atoms with Crippen LogP contribution in [0.1, 0.15) is 24.6 Å². The second kappa shape index (κ2) is 8.04. The SMILES string of the molecule is CO[C@@H]1C[C@H]2CN(c3nccnc3C#N)C[C@H]2C[C@H]1n1cc(-c2cccc(F)c2)nn1. The van der Waals surface area contributed by atoms with Crippen LogP contribution < -0.4 is 4.90 Å². The fraction of sp³-hybridized carbons (Fsp3) is 0.409. The van der Waals surface area contributed by atoms with Crippen LogP contribution in [-0.4, -0.2) is 51.3 Å². The van der Waals surface area contributed by atoms with Gasteiger partial charge in [-0.15, -0.1) is 5.10 Å². The topological polar surface area (TPSA) is 92.8 Å². The maximum atomic E-state index is 13.6. The van der Waals surface area contributed by atoms with Crippen LogP contribution >= 0.6 is 0 Å². The number of nitrogens with zero attached hydrogens (tertiary/aromatic N) is 7. The number of hydrogen-bond acceptors (Lipinski definition) is 7. The summed E-state index contributed by atoms with van der Waals surface area (Å²) in [7, 11) is 1.73. The van der Waals surface area contributed by atoms with Crippen molar-refractivity contribution in [2.45, 2.75) is 25.0 Å². The average Bonchev–Trinajstić information content (AvgIpc) is 3.45. The zero-order valence-corrected chi connectivity index (χ0v) is 17.1. The highest BCUT2D eigenvalue weighted by Crippen LogP contribution is 2.43. The van der Waals surface area contributed by atoms with E-state index in [1.54, 1.807) is 25.6 Å². The molecule has 1 saturated heterocycles. The molecule has 2 fully saturated rings. The van der Waals surface area contributed by atoms with Crippen LogP contribution in [0, 0.1) is 29.0 Å². The van der Waals surface area contributed by atoms with Crippen molar-refractivity contribution in [2.24, 2.45) is 11.8 Å². The van der Waals surface area contributed by atoms with E-state index in [4.69, 9.17) is 4.74 Å². The third-order valence-corrected chi connectivity index (χ3v) is 6.44. The number of hydrogen-bond donors (Lipinski definition) is 0. The first-order valence-corrected chi connectivity index (χ1v) is 10.3. The number of benzene rings is 1. The first-order valence-electron chi connectivity index (χ1n) is 10.3. The molecule has 0 spiro atoms. The fourth-order valence-corrected chi connectivity index (χ4v) is 4.95. The van der Waals surface area contributed by atoms with E-state index in [1.165, 1.54) is 12.1 Å². The highest BCUT2D eigenvalue weighted by Gasteiger charge is 2.44. The summed E-state index contributed by atoms with van der Waals surface area (Å²) in [6.45, 7) is 1.65. The largest absolute Gasteiger partial charge is 0.379 e. The smallest absolute Gasteiger partial charge is 0.183 e. The van der Waals surface area contributed by atoms with E-state index in [1.807, 2.05) is 16.9 Å². The van der Waals surface area contributed by atoms with Gasteiger partial charge in [-0.25, -0.2) is 19.0 Å². The Bertz CT molecular complexity index is 1130. The minimum atomic E-state index is -0.297. The van der Waals surface area contributed by atoms with Gasteiger partial charge in [-0.1, -0.05) is 17.3 Å². The standard InChI is InChI=1S/C22H22FN7O/c1-31-21-9-16-12-29(22-18(10-24)25-5-6-26-22)11-15(16)8-20(21)30-13-19(27-28-30)14-3-2-4-17(23)7-14/h2-7,13,15-16,20-21H,8-9,11-12H2,1H3/t15-,16+,20-,21-/m1/s1. The van der Waals surface area contributed by atoms with E-state index in [0.717, 1.165) is 25.9 Å². The molecular weight excluding hydrogens is 397 g/mol. The van der Waals surface area contributed by atoms with E-state index >= 15 is 0 Å². The summed E-state index contributed by atoms with van der Waals surface area (Å²) in [4.78, 5) is 10.7. The predicted octanol–water partition coefficient (Wildman–Crippen LogP) is 2.85. The Labute approximate surface area is 179 Å². The lowest BCUT2D eigenvalue weighted by atomic mass is 9.77. The average molecular weight is 419 g/mol. The maximum Gasteiger partial charge on any atom is 0.183 e. The molecule has 3 heterocycles. The molecule has 4 atom stereocenters. The van der Waals surface area contributed by atoms with Crippen molar-refractivity contribution in [3.8, 4) is 17.3 Å². The zero-order valence-electron chi connectivity index (χ0n) is 17.1. The molecule has 158 valence electrons. The quantitative estimate of drug-likeness (QED) is 0.642. The highest BCUT2D eigenvalue weighted by molar-refractivity contribution is 5.57. The van der Waals surface area contributed by atoms with Gasteiger partial charge in [0.2, 0.25) is 0 Å². The molecule has 0 unspecified atom stereocenters. The van der Waals surface area contributed by atoms with Crippen LogP contribution in [0.2, 0.25) is 0 Å². The lowest BCUT2D eigenvalue weighted by Gasteiger charge is -2.36. The zero-order chi connectivity index (χ0) is 21.4. The van der Waals surface area contributed by atoms with Crippen molar-refractivity contribution in [3.05, 3.63) is 54.4 Å². The van der Waals surface area contributed by atoms with Crippen molar-refractivity contribution in [1.29, 1.82) is 5.26 Å². The van der Waals surface area contributed by atoms with E-state index in [-0.39, 0.29) is 18.0 Å². The Kier molecular flexibility index (Phi) is 5.08. The molecule has 1 aromatic carbocycles. The maximum absolute atomic E-state index is 13.6. The van der Waals surface area contributed by atoms with Crippen LogP contribution in [0.4, 0.5) is 10.2 Å². The number of fused-ring (bicyclic) bond motifs is 1. The van der Waals surface area contributed by atoms with E-state index in [0.29, 0.717) is 34.6 Å². The normalized spacial score (nSPS) is 25.3. The molecule has 31 heavy (non-hydrogen) atoms. The van der Waals surface area contributed by atoms with Gasteiger partial charge in [-0.05, 0) is 36.8 Å². The summed E-state index contributed by atoms with van der Waals surface area (Å²) < 4.78 is 21.3. The highest BCUT2D eigenvalue weighted by atomic mass is 19.1. The Morgan fingerprint density at radius 1 is 1.16 bits per heavy atom. The number of ether oxygens (including phenoxy) is 1. The van der Waals surface area contributed by atoms with Gasteiger partial charge in [0, 0.05) is 38.2 Å². The number of methoxy groups -OCH3 is 1. The molecule has 0 radical (unpaired) electrons. The van der Waals surface area contributed by atoms with Crippen LogP contribution in [0.5, 0.6) is 0 Å². The Morgan fingerprint density at radius 2 is 1.97 bits per heavy atom. The molecule has 1 aliphatic heterocycles. The molecule has 1 saturated carbocycles. The Hall–Kier alpha value is -3.38. The molecule has 0 N–H and O–H groups in total. The molecule has 2 aromatic heterocycles. The van der Waals surface area contributed by atoms with Gasteiger partial charge in [0.1, 0.15) is 17.6 Å². The number of halogens is 1. The Morgan fingerprint density at radius 3 is 2.74 bits per heavy atom. The second-order valence-corrected chi connectivity index (χ2v) is 8.17. The van der Waals surface area contributed by atoms with E-state index in [2.05, 4.69) is 31.2 Å². The third kappa shape index (κ3) is 3.64. The number of aromatic nitrogens is 5. The van der Waals surface area contributed by atoms with Crippen LogP contribution in [0.3, 0.4) is 0 Å². The van der Waals surface area contributed by atoms with Crippen molar-refractivity contribution >= 4 is 5.82 Å². The predicted molar refractivity (Wildman–Crippen MR) is 110 cm³/mol. The van der Waals surface area contributed by atoms with Gasteiger partial charge in [0.05, 0.1) is 18.3 Å². The molecule has 2 aliphatic rings. The first-order chi connectivity index (χ1) is 15.2. The minimum absolute atomic E-state index is 0.000513. The lowest BCUT2D eigenvalue weighted by molar-refractivity contribution is -0.00541. The molecule has 0 amide bonds. The summed E-state index contributed by atoms with van der Waals surface area (Å²) in [6, 6.07) is 8.55. The molecular formula is C22H22FN7O. The van der Waals surface area contributed by atoms with E-state index in [9.17, 15) is 9.65 Å². The van der Waals surface area contributed by atoms with Gasteiger partial charge < -0.3 is 9.64 Å². The van der Waals surface area contributed by atoms with Gasteiger partial charge >= 0.3 is 0 Å². The molecule has 0 bridgehead atoms. The lowest BCUT2D eigenvalue weighted by Crippen LogP contribution is -2.37. The van der Waals surface area contributed by atoms with Gasteiger partial charge in [0.15, 0.2) is 11.5 Å². The van der Waals surface area contributed by atoms with Crippen molar-refractivity contribution in [2.75, 3.05) is 25.1 Å². The monoisotopic (exact) mass is 419 g/mol. The summed E-state index contributed by atoms with van der Waals surface area (Å²) in [6.07, 6.45) is 6.81. The molecule has 9 heteroatoms. The van der Waals surface area contributed by atoms with Crippen LogP contribution in [0.15, 0.2) is 42.9 Å². The summed E-state index contributed by atoms with van der Waals surface area (Å²) in [5, 5.41) is 18.0. The van der Waals surface area contributed by atoms with Crippen LogP contribution in [0.25, 0.3) is 11.3 Å². The molecule has 1 aliphatic carbocycles. The minimum Gasteiger partial charge on any atom is -0.379 e.